The second-order valence-electron chi connectivity index (χ2n) is 6.33. The first-order valence-corrected chi connectivity index (χ1v) is 8.24. The molecule has 0 spiro atoms. The van der Waals surface area contributed by atoms with Crippen LogP contribution < -0.4 is 4.90 Å². The van der Waals surface area contributed by atoms with Crippen LogP contribution in [0.1, 0.15) is 38.1 Å². The number of carbonyl (C=O) groups excluding carboxylic acids is 3. The number of benzene rings is 1. The van der Waals surface area contributed by atoms with Crippen molar-refractivity contribution in [3.8, 4) is 0 Å². The van der Waals surface area contributed by atoms with Crippen LogP contribution in [0, 0.1) is 11.7 Å². The second kappa shape index (κ2) is 7.00. The van der Waals surface area contributed by atoms with Crippen molar-refractivity contribution in [3.05, 3.63) is 28.5 Å². The molecular weight excluding hydrogens is 351 g/mol. The van der Waals surface area contributed by atoms with Gasteiger partial charge in [-0.25, -0.2) is 18.9 Å². The molecular formula is C17H20ClFN2O4. The van der Waals surface area contributed by atoms with Gasteiger partial charge in [-0.05, 0) is 32.9 Å². The lowest BCUT2D eigenvalue weighted by Gasteiger charge is -2.40. The van der Waals surface area contributed by atoms with E-state index in [0.717, 1.165) is 17.0 Å². The summed E-state index contributed by atoms with van der Waals surface area (Å²) in [5.41, 5.74) is -0.429. The summed E-state index contributed by atoms with van der Waals surface area (Å²) >= 11 is 5.93. The number of hydrogen-bond donors (Lipinski definition) is 0. The maximum absolute atomic E-state index is 14.4. The molecule has 1 heterocycles. The minimum Gasteiger partial charge on any atom is -0.459 e. The molecule has 0 N–H and O–H groups in total. The first kappa shape index (κ1) is 19.2. The van der Waals surface area contributed by atoms with E-state index in [0.29, 0.717) is 0 Å². The molecule has 25 heavy (non-hydrogen) atoms. The molecule has 1 aromatic carbocycles. The van der Waals surface area contributed by atoms with Crippen molar-refractivity contribution in [2.24, 2.45) is 5.92 Å². The number of amides is 3. The van der Waals surface area contributed by atoms with Crippen molar-refractivity contribution in [1.29, 1.82) is 0 Å². The number of carbonyl (C=O) groups is 3. The molecule has 6 nitrogen and oxygen atoms in total. The van der Waals surface area contributed by atoms with Crippen LogP contribution in [0.3, 0.4) is 0 Å². The Morgan fingerprint density at radius 2 is 1.88 bits per heavy atom. The molecule has 1 fully saturated rings. The number of imide groups is 1. The molecule has 2 unspecified atom stereocenters. The Morgan fingerprint density at radius 1 is 1.28 bits per heavy atom. The Kier molecular flexibility index (Phi) is 5.37. The maximum atomic E-state index is 14.4. The zero-order valence-corrected chi connectivity index (χ0v) is 15.4. The van der Waals surface area contributed by atoms with Gasteiger partial charge in [-0.3, -0.25) is 4.79 Å². The van der Waals surface area contributed by atoms with Crippen molar-refractivity contribution in [2.45, 2.75) is 39.8 Å². The molecule has 2 atom stereocenters. The Hall–Kier alpha value is -2.15. The lowest BCUT2D eigenvalue weighted by molar-refractivity contribution is -0.124. The van der Waals surface area contributed by atoms with Gasteiger partial charge >= 0.3 is 12.0 Å². The van der Waals surface area contributed by atoms with Gasteiger partial charge in [0, 0.05) is 13.1 Å². The van der Waals surface area contributed by atoms with Crippen LogP contribution in [0.15, 0.2) is 12.1 Å². The number of urea groups is 1. The van der Waals surface area contributed by atoms with Gasteiger partial charge in [0.25, 0.3) is 0 Å². The average molecular weight is 371 g/mol. The first-order valence-electron chi connectivity index (χ1n) is 7.87. The predicted octanol–water partition coefficient (Wildman–Crippen LogP) is 3.47. The van der Waals surface area contributed by atoms with Gasteiger partial charge in [-0.15, -0.1) is 0 Å². The quantitative estimate of drug-likeness (QED) is 0.764. The van der Waals surface area contributed by atoms with Gasteiger partial charge in [-0.2, -0.15) is 0 Å². The molecule has 0 radical (unpaired) electrons. The summed E-state index contributed by atoms with van der Waals surface area (Å²) in [6.45, 7) is 6.71. The minimum atomic E-state index is -0.872. The summed E-state index contributed by atoms with van der Waals surface area (Å²) in [7, 11) is 1.53. The zero-order chi connectivity index (χ0) is 19.0. The molecule has 1 aliphatic rings. The van der Waals surface area contributed by atoms with Gasteiger partial charge in [0.15, 0.2) is 0 Å². The molecule has 1 saturated heterocycles. The van der Waals surface area contributed by atoms with E-state index in [-0.39, 0.29) is 22.3 Å². The molecule has 3 amide bonds. The highest BCUT2D eigenvalue weighted by Gasteiger charge is 2.42. The molecule has 136 valence electrons. The number of hydrogen-bond acceptors (Lipinski definition) is 4. The van der Waals surface area contributed by atoms with E-state index >= 15 is 0 Å². The van der Waals surface area contributed by atoms with Crippen LogP contribution in [0.2, 0.25) is 5.02 Å². The molecule has 0 aromatic heterocycles. The zero-order valence-electron chi connectivity index (χ0n) is 14.7. The van der Waals surface area contributed by atoms with Crippen LogP contribution in [-0.2, 0) is 9.53 Å². The van der Waals surface area contributed by atoms with E-state index < -0.39 is 35.7 Å². The molecule has 0 bridgehead atoms. The number of ether oxygens (including phenoxy) is 1. The number of nitrogens with zero attached hydrogens (tertiary/aromatic N) is 2. The number of rotatable bonds is 3. The van der Waals surface area contributed by atoms with Crippen molar-refractivity contribution in [1.82, 2.24) is 4.90 Å². The predicted molar refractivity (Wildman–Crippen MR) is 91.2 cm³/mol. The van der Waals surface area contributed by atoms with Gasteiger partial charge in [-0.1, -0.05) is 18.5 Å². The van der Waals surface area contributed by atoms with Crippen molar-refractivity contribution < 1.29 is 23.5 Å². The summed E-state index contributed by atoms with van der Waals surface area (Å²) < 4.78 is 19.5. The standard InChI is InChI=1S/C17H20ClFN2O4/c1-8(2)25-16(23)11-6-14(13(19)7-12(11)18)21-15(22)9(3)10(4)20(5)17(21)24/h6-10H,1-5H3. The van der Waals surface area contributed by atoms with E-state index in [1.165, 1.54) is 11.9 Å². The van der Waals surface area contributed by atoms with E-state index in [9.17, 15) is 18.8 Å². The highest BCUT2D eigenvalue weighted by molar-refractivity contribution is 6.34. The molecule has 1 aromatic rings. The van der Waals surface area contributed by atoms with Gasteiger partial charge in [0.1, 0.15) is 5.82 Å². The summed E-state index contributed by atoms with van der Waals surface area (Å²) in [5, 5.41) is -0.154. The van der Waals surface area contributed by atoms with Gasteiger partial charge in [0.05, 0.1) is 28.3 Å². The third kappa shape index (κ3) is 3.46. The van der Waals surface area contributed by atoms with Gasteiger partial charge < -0.3 is 9.64 Å². The topological polar surface area (TPSA) is 66.9 Å². The van der Waals surface area contributed by atoms with Crippen LogP contribution >= 0.6 is 11.6 Å². The van der Waals surface area contributed by atoms with Gasteiger partial charge in [0.2, 0.25) is 5.91 Å². The Balaban J connectivity index is 2.53. The maximum Gasteiger partial charge on any atom is 0.339 e. The molecule has 0 saturated carbocycles. The average Bonchev–Trinajstić information content (AvgIpc) is 2.52. The first-order chi connectivity index (χ1) is 11.6. The van der Waals surface area contributed by atoms with Crippen molar-refractivity contribution in [3.63, 3.8) is 0 Å². The van der Waals surface area contributed by atoms with Crippen LogP contribution in [0.25, 0.3) is 0 Å². The third-order valence-electron chi connectivity index (χ3n) is 4.28. The summed E-state index contributed by atoms with van der Waals surface area (Å²) in [6, 6.07) is 0.989. The number of anilines is 1. The normalized spacial score (nSPS) is 21.1. The SMILES string of the molecule is CC(C)OC(=O)c1cc(N2C(=O)C(C)C(C)N(C)C2=O)c(F)cc1Cl. The minimum absolute atomic E-state index is 0.110. The number of esters is 1. The molecule has 2 rings (SSSR count). The number of halogens is 2. The fourth-order valence-corrected chi connectivity index (χ4v) is 2.76. The molecule has 8 heteroatoms. The van der Waals surface area contributed by atoms with Crippen molar-refractivity contribution >= 4 is 35.2 Å². The highest BCUT2D eigenvalue weighted by Crippen LogP contribution is 2.32. The highest BCUT2D eigenvalue weighted by atomic mass is 35.5. The summed E-state index contributed by atoms with van der Waals surface area (Å²) in [5.74, 6) is -2.69. The van der Waals surface area contributed by atoms with E-state index in [2.05, 4.69) is 0 Å². The smallest absolute Gasteiger partial charge is 0.339 e. The lowest BCUT2D eigenvalue weighted by atomic mass is 9.97. The van der Waals surface area contributed by atoms with E-state index in [1.54, 1.807) is 27.7 Å². The Labute approximate surface area is 150 Å². The van der Waals surface area contributed by atoms with E-state index in [4.69, 9.17) is 16.3 Å². The second-order valence-corrected chi connectivity index (χ2v) is 6.74. The van der Waals surface area contributed by atoms with Crippen LogP contribution in [0.5, 0.6) is 0 Å². The fourth-order valence-electron chi connectivity index (χ4n) is 2.54. The Morgan fingerprint density at radius 3 is 2.44 bits per heavy atom. The third-order valence-corrected chi connectivity index (χ3v) is 4.59. The summed E-state index contributed by atoms with van der Waals surface area (Å²) in [4.78, 5) is 39.3. The Bertz CT molecular complexity index is 716. The summed E-state index contributed by atoms with van der Waals surface area (Å²) in [6.07, 6.45) is -0.401. The van der Waals surface area contributed by atoms with Crippen LogP contribution in [0.4, 0.5) is 14.9 Å². The van der Waals surface area contributed by atoms with Crippen LogP contribution in [-0.4, -0.2) is 42.0 Å². The fraction of sp³-hybridized carbons (Fsp3) is 0.471. The molecule has 1 aliphatic heterocycles. The van der Waals surface area contributed by atoms with E-state index in [1.807, 2.05) is 0 Å². The largest absolute Gasteiger partial charge is 0.459 e. The lowest BCUT2D eigenvalue weighted by Crippen LogP contribution is -2.59. The monoisotopic (exact) mass is 370 g/mol. The van der Waals surface area contributed by atoms with Crippen molar-refractivity contribution in [2.75, 3.05) is 11.9 Å². The molecule has 0 aliphatic carbocycles.